The average Bonchev–Trinajstić information content (AvgIpc) is 2.34. The Morgan fingerprint density at radius 3 is 2.50 bits per heavy atom. The molecule has 2 rings (SSSR count). The third-order valence-electron chi connectivity index (χ3n) is 2.57. The topological polar surface area (TPSA) is 46.2 Å². The molecule has 0 aliphatic rings. The van der Waals surface area contributed by atoms with Gasteiger partial charge in [-0.2, -0.15) is 0 Å². The summed E-state index contributed by atoms with van der Waals surface area (Å²) in [5.41, 5.74) is 1.37. The number of benzene rings is 2. The van der Waals surface area contributed by atoms with Gasteiger partial charge in [0.05, 0.1) is 15.2 Å². The van der Waals surface area contributed by atoms with Gasteiger partial charge < -0.3 is 0 Å². The highest BCUT2D eigenvalue weighted by molar-refractivity contribution is 9.11. The fraction of sp³-hybridized carbons (Fsp3) is 0.0769. The molecule has 0 heterocycles. The Balaban J connectivity index is 2.44. The molecule has 0 fully saturated rings. The first-order chi connectivity index (χ1) is 9.31. The highest BCUT2D eigenvalue weighted by Crippen LogP contribution is 2.32. The van der Waals surface area contributed by atoms with Crippen molar-refractivity contribution in [2.75, 3.05) is 4.72 Å². The van der Waals surface area contributed by atoms with Crippen LogP contribution in [0.2, 0.25) is 5.02 Å². The lowest BCUT2D eigenvalue weighted by atomic mass is 10.2. The summed E-state index contributed by atoms with van der Waals surface area (Å²) in [4.78, 5) is 0.176. The fourth-order valence-corrected chi connectivity index (χ4v) is 4.54. The summed E-state index contributed by atoms with van der Waals surface area (Å²) in [6.07, 6.45) is 0. The van der Waals surface area contributed by atoms with E-state index in [2.05, 4.69) is 36.6 Å². The fourth-order valence-electron chi connectivity index (χ4n) is 1.61. The smallest absolute Gasteiger partial charge is 0.263 e. The predicted molar refractivity (Wildman–Crippen MR) is 88.8 cm³/mol. The number of hydrogen-bond donors (Lipinski definition) is 1. The summed E-state index contributed by atoms with van der Waals surface area (Å²) in [6.45, 7) is 1.89. The minimum Gasteiger partial charge on any atom is -0.278 e. The second-order valence-electron chi connectivity index (χ2n) is 4.14. The molecular weight excluding hydrogens is 429 g/mol. The van der Waals surface area contributed by atoms with Crippen LogP contribution < -0.4 is 4.72 Å². The summed E-state index contributed by atoms with van der Waals surface area (Å²) in [7, 11) is -3.69. The summed E-state index contributed by atoms with van der Waals surface area (Å²) in [6, 6.07) is 10.0. The molecule has 106 valence electrons. The second kappa shape index (κ2) is 6.05. The van der Waals surface area contributed by atoms with Crippen LogP contribution in [0.3, 0.4) is 0 Å². The first kappa shape index (κ1) is 15.8. The van der Waals surface area contributed by atoms with Gasteiger partial charge in [-0.15, -0.1) is 0 Å². The highest BCUT2D eigenvalue weighted by Gasteiger charge is 2.19. The zero-order chi connectivity index (χ0) is 14.9. The maximum Gasteiger partial charge on any atom is 0.263 e. The molecule has 1 N–H and O–H groups in total. The van der Waals surface area contributed by atoms with E-state index in [1.165, 1.54) is 0 Å². The van der Waals surface area contributed by atoms with Gasteiger partial charge in [0.25, 0.3) is 10.0 Å². The van der Waals surface area contributed by atoms with E-state index in [4.69, 9.17) is 11.6 Å². The SMILES string of the molecule is Cc1ccc(S(=O)(=O)Nc2cccc(Cl)c2Br)c(Br)c1. The zero-order valence-corrected chi connectivity index (χ0v) is 15.1. The van der Waals surface area contributed by atoms with Crippen LogP contribution in [0, 0.1) is 6.92 Å². The lowest BCUT2D eigenvalue weighted by molar-refractivity contribution is 0.600. The summed E-state index contributed by atoms with van der Waals surface area (Å²) in [5.74, 6) is 0. The summed E-state index contributed by atoms with van der Waals surface area (Å²) in [5, 5.41) is 0.438. The number of nitrogens with one attached hydrogen (secondary N) is 1. The van der Waals surface area contributed by atoms with Gasteiger partial charge in [0.1, 0.15) is 4.90 Å². The predicted octanol–water partition coefficient (Wildman–Crippen LogP) is 4.97. The number of halogens is 3. The van der Waals surface area contributed by atoms with Crippen molar-refractivity contribution in [1.29, 1.82) is 0 Å². The van der Waals surface area contributed by atoms with Gasteiger partial charge in [0, 0.05) is 4.47 Å². The van der Waals surface area contributed by atoms with Gasteiger partial charge in [-0.1, -0.05) is 23.7 Å². The van der Waals surface area contributed by atoms with Crippen LogP contribution in [0.4, 0.5) is 5.69 Å². The Morgan fingerprint density at radius 2 is 1.85 bits per heavy atom. The Bertz CT molecular complexity index is 763. The minimum absolute atomic E-state index is 0.176. The number of rotatable bonds is 3. The molecule has 0 bridgehead atoms. The van der Waals surface area contributed by atoms with E-state index >= 15 is 0 Å². The van der Waals surface area contributed by atoms with E-state index in [-0.39, 0.29) is 4.90 Å². The molecule has 0 unspecified atom stereocenters. The van der Waals surface area contributed by atoms with Crippen molar-refractivity contribution >= 4 is 59.2 Å². The number of aryl methyl sites for hydroxylation is 1. The Kier molecular flexibility index (Phi) is 4.79. The van der Waals surface area contributed by atoms with E-state index in [1.807, 2.05) is 6.92 Å². The Hall–Kier alpha value is -0.560. The van der Waals surface area contributed by atoms with E-state index in [0.29, 0.717) is 19.7 Å². The van der Waals surface area contributed by atoms with Crippen LogP contribution in [-0.2, 0) is 10.0 Å². The highest BCUT2D eigenvalue weighted by atomic mass is 79.9. The molecule has 0 saturated heterocycles. The first-order valence-electron chi connectivity index (χ1n) is 5.54. The normalized spacial score (nSPS) is 11.4. The average molecular weight is 440 g/mol. The van der Waals surface area contributed by atoms with E-state index < -0.39 is 10.0 Å². The van der Waals surface area contributed by atoms with Crippen molar-refractivity contribution in [1.82, 2.24) is 0 Å². The molecule has 0 saturated carbocycles. The molecule has 7 heteroatoms. The first-order valence-corrected chi connectivity index (χ1v) is 8.99. The number of hydrogen-bond acceptors (Lipinski definition) is 2. The lowest BCUT2D eigenvalue weighted by Crippen LogP contribution is -2.14. The molecule has 0 aromatic heterocycles. The van der Waals surface area contributed by atoms with Gasteiger partial charge in [-0.25, -0.2) is 8.42 Å². The van der Waals surface area contributed by atoms with Gasteiger partial charge in [0.15, 0.2) is 0 Å². The molecule has 0 radical (unpaired) electrons. The van der Waals surface area contributed by atoms with Crippen molar-refractivity contribution in [2.45, 2.75) is 11.8 Å². The van der Waals surface area contributed by atoms with Crippen LogP contribution in [-0.4, -0.2) is 8.42 Å². The molecular formula is C13H10Br2ClNO2S. The Labute approximate surface area is 139 Å². The van der Waals surface area contributed by atoms with Crippen molar-refractivity contribution in [3.05, 3.63) is 55.9 Å². The van der Waals surface area contributed by atoms with Gasteiger partial charge in [0.2, 0.25) is 0 Å². The molecule has 0 spiro atoms. The van der Waals surface area contributed by atoms with Gasteiger partial charge >= 0.3 is 0 Å². The van der Waals surface area contributed by atoms with Gasteiger partial charge in [-0.3, -0.25) is 4.72 Å². The van der Waals surface area contributed by atoms with Crippen molar-refractivity contribution in [2.24, 2.45) is 0 Å². The quantitative estimate of drug-likeness (QED) is 0.734. The number of sulfonamides is 1. The third-order valence-corrected chi connectivity index (χ3v) is 6.31. The van der Waals surface area contributed by atoms with Crippen molar-refractivity contribution < 1.29 is 8.42 Å². The van der Waals surface area contributed by atoms with Crippen LogP contribution >= 0.6 is 43.5 Å². The van der Waals surface area contributed by atoms with Crippen LogP contribution in [0.15, 0.2) is 50.2 Å². The zero-order valence-electron chi connectivity index (χ0n) is 10.3. The molecule has 0 amide bonds. The molecule has 3 nitrogen and oxygen atoms in total. The van der Waals surface area contributed by atoms with E-state index in [0.717, 1.165) is 5.56 Å². The lowest BCUT2D eigenvalue weighted by Gasteiger charge is -2.12. The molecule has 0 aliphatic heterocycles. The van der Waals surface area contributed by atoms with Crippen molar-refractivity contribution in [3.8, 4) is 0 Å². The molecule has 20 heavy (non-hydrogen) atoms. The minimum atomic E-state index is -3.69. The molecule has 2 aromatic rings. The molecule has 0 atom stereocenters. The number of anilines is 1. The van der Waals surface area contributed by atoms with Crippen molar-refractivity contribution in [3.63, 3.8) is 0 Å². The Morgan fingerprint density at radius 1 is 1.15 bits per heavy atom. The standard InChI is InChI=1S/C13H10Br2ClNO2S/c1-8-5-6-12(9(14)7-8)20(18,19)17-11-4-2-3-10(16)13(11)15/h2-7,17H,1H3. The van der Waals surface area contributed by atoms with E-state index in [1.54, 1.807) is 36.4 Å². The second-order valence-corrected chi connectivity index (χ2v) is 7.85. The van der Waals surface area contributed by atoms with Gasteiger partial charge in [-0.05, 0) is 68.6 Å². The monoisotopic (exact) mass is 437 g/mol. The van der Waals surface area contributed by atoms with Crippen LogP contribution in [0.1, 0.15) is 5.56 Å². The maximum absolute atomic E-state index is 12.4. The summed E-state index contributed by atoms with van der Waals surface area (Å²) >= 11 is 12.5. The summed E-state index contributed by atoms with van der Waals surface area (Å²) < 4.78 is 28.3. The molecule has 2 aromatic carbocycles. The van der Waals surface area contributed by atoms with Crippen LogP contribution in [0.25, 0.3) is 0 Å². The molecule has 0 aliphatic carbocycles. The third kappa shape index (κ3) is 3.36. The maximum atomic E-state index is 12.4. The van der Waals surface area contributed by atoms with Crippen LogP contribution in [0.5, 0.6) is 0 Å². The van der Waals surface area contributed by atoms with E-state index in [9.17, 15) is 8.42 Å². The largest absolute Gasteiger partial charge is 0.278 e.